The Morgan fingerprint density at radius 1 is 1.06 bits per heavy atom. The van der Waals surface area contributed by atoms with E-state index >= 15 is 0 Å². The zero-order valence-corrected chi connectivity index (χ0v) is 10.7. The van der Waals surface area contributed by atoms with E-state index in [0.717, 1.165) is 5.69 Å². The molecule has 4 heteroatoms. The highest BCUT2D eigenvalue weighted by Gasteiger charge is 2.18. The molecule has 1 amide bonds. The van der Waals surface area contributed by atoms with Crippen LogP contribution in [0.3, 0.4) is 0 Å². The second kappa shape index (κ2) is 4.96. The summed E-state index contributed by atoms with van der Waals surface area (Å²) in [5.74, 6) is -0.0863. The summed E-state index contributed by atoms with van der Waals surface area (Å²) < 4.78 is 0. The second-order valence-corrected chi connectivity index (χ2v) is 4.12. The van der Waals surface area contributed by atoms with Gasteiger partial charge in [-0.2, -0.15) is 0 Å². The van der Waals surface area contributed by atoms with E-state index in [0.29, 0.717) is 17.0 Å². The zero-order valence-electron chi connectivity index (χ0n) is 10.7. The number of para-hydroxylation sites is 1. The van der Waals surface area contributed by atoms with Crippen molar-refractivity contribution < 1.29 is 4.79 Å². The van der Waals surface area contributed by atoms with Crippen molar-refractivity contribution in [1.82, 2.24) is 9.97 Å². The molecule has 0 saturated carbocycles. The first-order chi connectivity index (χ1) is 8.61. The molecule has 2 rings (SSSR count). The molecule has 92 valence electrons. The van der Waals surface area contributed by atoms with Gasteiger partial charge in [-0.1, -0.05) is 18.2 Å². The van der Waals surface area contributed by atoms with Crippen LogP contribution < -0.4 is 4.90 Å². The number of carbonyl (C=O) groups is 1. The highest BCUT2D eigenvalue weighted by molar-refractivity contribution is 6.07. The maximum absolute atomic E-state index is 12.4. The van der Waals surface area contributed by atoms with Crippen LogP contribution in [0, 0.1) is 13.8 Å². The van der Waals surface area contributed by atoms with Gasteiger partial charge >= 0.3 is 0 Å². The Kier molecular flexibility index (Phi) is 3.37. The van der Waals surface area contributed by atoms with Crippen LogP contribution in [0.15, 0.2) is 36.7 Å². The van der Waals surface area contributed by atoms with Crippen LogP contribution in [-0.2, 0) is 0 Å². The molecule has 1 aromatic carbocycles. The summed E-state index contributed by atoms with van der Waals surface area (Å²) in [7, 11) is 1.75. The number of benzene rings is 1. The van der Waals surface area contributed by atoms with Gasteiger partial charge in [-0.25, -0.2) is 9.97 Å². The monoisotopic (exact) mass is 241 g/mol. The van der Waals surface area contributed by atoms with Gasteiger partial charge in [-0.3, -0.25) is 4.79 Å². The van der Waals surface area contributed by atoms with Crippen molar-refractivity contribution in [2.45, 2.75) is 13.8 Å². The first-order valence-electron chi connectivity index (χ1n) is 5.72. The second-order valence-electron chi connectivity index (χ2n) is 4.12. The molecule has 0 bridgehead atoms. The summed E-state index contributed by atoms with van der Waals surface area (Å²) in [6.07, 6.45) is 1.48. The quantitative estimate of drug-likeness (QED) is 0.811. The number of rotatable bonds is 2. The molecule has 0 aliphatic rings. The summed E-state index contributed by atoms with van der Waals surface area (Å²) >= 11 is 0. The minimum absolute atomic E-state index is 0.0863. The lowest BCUT2D eigenvalue weighted by atomic mass is 10.1. The van der Waals surface area contributed by atoms with Crippen molar-refractivity contribution in [3.8, 4) is 0 Å². The normalized spacial score (nSPS) is 10.2. The molecule has 0 unspecified atom stereocenters. The molecular formula is C14H15N3O. The van der Waals surface area contributed by atoms with E-state index < -0.39 is 0 Å². The van der Waals surface area contributed by atoms with Gasteiger partial charge in [0.25, 0.3) is 5.91 Å². The molecule has 0 saturated heterocycles. The lowest BCUT2D eigenvalue weighted by molar-refractivity contribution is 0.0991. The first kappa shape index (κ1) is 12.2. The Hall–Kier alpha value is -2.23. The highest BCUT2D eigenvalue weighted by atomic mass is 16.2. The summed E-state index contributed by atoms with van der Waals surface area (Å²) in [6, 6.07) is 9.52. The molecule has 0 aliphatic carbocycles. The van der Waals surface area contributed by atoms with E-state index in [2.05, 4.69) is 9.97 Å². The molecule has 4 nitrogen and oxygen atoms in total. The minimum Gasteiger partial charge on any atom is -0.311 e. The van der Waals surface area contributed by atoms with E-state index in [1.165, 1.54) is 6.33 Å². The average Bonchev–Trinajstić information content (AvgIpc) is 2.38. The zero-order chi connectivity index (χ0) is 13.1. The number of aromatic nitrogens is 2. The Morgan fingerprint density at radius 2 is 1.61 bits per heavy atom. The molecular weight excluding hydrogens is 226 g/mol. The Labute approximate surface area is 106 Å². The smallest absolute Gasteiger partial charge is 0.261 e. The third-order valence-electron chi connectivity index (χ3n) is 2.89. The molecule has 0 atom stereocenters. The van der Waals surface area contributed by atoms with Gasteiger partial charge < -0.3 is 4.90 Å². The maximum Gasteiger partial charge on any atom is 0.261 e. The Morgan fingerprint density at radius 3 is 2.17 bits per heavy atom. The van der Waals surface area contributed by atoms with E-state index in [4.69, 9.17) is 0 Å². The van der Waals surface area contributed by atoms with Crippen LogP contribution in [-0.4, -0.2) is 22.9 Å². The van der Waals surface area contributed by atoms with Crippen LogP contribution in [0.5, 0.6) is 0 Å². The van der Waals surface area contributed by atoms with Gasteiger partial charge in [-0.05, 0) is 26.0 Å². The van der Waals surface area contributed by atoms with Crippen molar-refractivity contribution in [2.24, 2.45) is 0 Å². The Balaban J connectivity index is 2.38. The fourth-order valence-corrected chi connectivity index (χ4v) is 1.84. The first-order valence-corrected chi connectivity index (χ1v) is 5.72. The number of nitrogens with zero attached hydrogens (tertiary/aromatic N) is 3. The van der Waals surface area contributed by atoms with Crippen LogP contribution in [0.25, 0.3) is 0 Å². The minimum atomic E-state index is -0.0863. The SMILES string of the molecule is Cc1ncnc(C)c1C(=O)N(C)c1ccccc1. The van der Waals surface area contributed by atoms with Crippen LogP contribution in [0.2, 0.25) is 0 Å². The molecule has 0 aliphatic heterocycles. The molecule has 0 N–H and O–H groups in total. The number of carbonyl (C=O) groups excluding carboxylic acids is 1. The van der Waals surface area contributed by atoms with E-state index in [1.54, 1.807) is 11.9 Å². The molecule has 1 aromatic heterocycles. The van der Waals surface area contributed by atoms with Gasteiger partial charge in [0.1, 0.15) is 6.33 Å². The maximum atomic E-state index is 12.4. The topological polar surface area (TPSA) is 46.1 Å². The number of hydrogen-bond acceptors (Lipinski definition) is 3. The summed E-state index contributed by atoms with van der Waals surface area (Å²) in [5.41, 5.74) is 2.83. The van der Waals surface area contributed by atoms with Crippen molar-refractivity contribution >= 4 is 11.6 Å². The lowest BCUT2D eigenvalue weighted by Crippen LogP contribution is -2.28. The molecule has 0 radical (unpaired) electrons. The highest BCUT2D eigenvalue weighted by Crippen LogP contribution is 2.17. The van der Waals surface area contributed by atoms with Crippen LogP contribution in [0.4, 0.5) is 5.69 Å². The van der Waals surface area contributed by atoms with Crippen molar-refractivity contribution in [2.75, 3.05) is 11.9 Å². The molecule has 0 spiro atoms. The van der Waals surface area contributed by atoms with Gasteiger partial charge in [-0.15, -0.1) is 0 Å². The van der Waals surface area contributed by atoms with Crippen LogP contribution >= 0.6 is 0 Å². The molecule has 1 heterocycles. The Bertz CT molecular complexity index is 546. The van der Waals surface area contributed by atoms with Crippen molar-refractivity contribution in [3.05, 3.63) is 53.6 Å². The van der Waals surface area contributed by atoms with E-state index in [9.17, 15) is 4.79 Å². The van der Waals surface area contributed by atoms with Gasteiger partial charge in [0.15, 0.2) is 0 Å². The van der Waals surface area contributed by atoms with Gasteiger partial charge in [0.05, 0.1) is 17.0 Å². The van der Waals surface area contributed by atoms with Crippen LogP contribution in [0.1, 0.15) is 21.7 Å². The number of aryl methyl sites for hydroxylation is 2. The predicted molar refractivity (Wildman–Crippen MR) is 70.7 cm³/mol. The van der Waals surface area contributed by atoms with Crippen molar-refractivity contribution in [3.63, 3.8) is 0 Å². The molecule has 18 heavy (non-hydrogen) atoms. The third kappa shape index (κ3) is 2.22. The fraction of sp³-hybridized carbons (Fsp3) is 0.214. The van der Waals surface area contributed by atoms with Gasteiger partial charge in [0.2, 0.25) is 0 Å². The van der Waals surface area contributed by atoms with Crippen molar-refractivity contribution in [1.29, 1.82) is 0 Å². The average molecular weight is 241 g/mol. The third-order valence-corrected chi connectivity index (χ3v) is 2.89. The van der Waals surface area contributed by atoms with Gasteiger partial charge in [0, 0.05) is 12.7 Å². The number of hydrogen-bond donors (Lipinski definition) is 0. The largest absolute Gasteiger partial charge is 0.311 e. The molecule has 2 aromatic rings. The molecule has 0 fully saturated rings. The fourth-order valence-electron chi connectivity index (χ4n) is 1.84. The number of anilines is 1. The standard InChI is InChI=1S/C14H15N3O/c1-10-13(11(2)16-9-15-10)14(18)17(3)12-7-5-4-6-8-12/h4-9H,1-3H3. The van der Waals surface area contributed by atoms with E-state index in [-0.39, 0.29) is 5.91 Å². The van der Waals surface area contributed by atoms with E-state index in [1.807, 2.05) is 44.2 Å². The summed E-state index contributed by atoms with van der Waals surface area (Å²) in [5, 5.41) is 0. The lowest BCUT2D eigenvalue weighted by Gasteiger charge is -2.18. The number of amides is 1. The summed E-state index contributed by atoms with van der Waals surface area (Å²) in [6.45, 7) is 3.64. The predicted octanol–water partition coefficient (Wildman–Crippen LogP) is 2.37. The summed E-state index contributed by atoms with van der Waals surface area (Å²) in [4.78, 5) is 22.2.